The third kappa shape index (κ3) is 6.45. The van der Waals surface area contributed by atoms with Crippen molar-refractivity contribution in [3.63, 3.8) is 0 Å². The van der Waals surface area contributed by atoms with E-state index in [1.165, 1.54) is 0 Å². The van der Waals surface area contributed by atoms with Crippen LogP contribution in [0.5, 0.6) is 0 Å². The van der Waals surface area contributed by atoms with Gasteiger partial charge >= 0.3 is 0 Å². The van der Waals surface area contributed by atoms with Gasteiger partial charge in [0.1, 0.15) is 5.60 Å². The molecule has 2 atom stereocenters. The standard InChI is InChI=1S/C32H34N6O2/c33-19-25-11-13-26(14-12-25)21-38-24-34-20-29(38)15-17-36-31(39)27-7-6-18-37(22-27)23-32(40,28-8-2-1-3-9-28)30-10-4-5-16-35-30/h1-5,8-14,16,20,24,27,40H,6-7,15,17-18,21-23H2,(H,36,39)/t27-,32?/m0/s1. The van der Waals surface area contributed by atoms with Gasteiger partial charge in [0.25, 0.3) is 0 Å². The summed E-state index contributed by atoms with van der Waals surface area (Å²) in [5, 5.41) is 24.0. The third-order valence-electron chi connectivity index (χ3n) is 7.58. The number of aliphatic hydroxyl groups is 1. The Kier molecular flexibility index (Phi) is 8.65. The van der Waals surface area contributed by atoms with Gasteiger partial charge in [-0.2, -0.15) is 5.26 Å². The topological polar surface area (TPSA) is 107 Å². The van der Waals surface area contributed by atoms with E-state index in [0.717, 1.165) is 36.2 Å². The van der Waals surface area contributed by atoms with Crippen LogP contribution in [-0.4, -0.2) is 56.6 Å². The number of rotatable bonds is 10. The van der Waals surface area contributed by atoms with E-state index in [0.29, 0.717) is 43.9 Å². The predicted octanol–water partition coefficient (Wildman–Crippen LogP) is 3.50. The third-order valence-corrected chi connectivity index (χ3v) is 7.58. The van der Waals surface area contributed by atoms with Crippen molar-refractivity contribution >= 4 is 5.91 Å². The molecule has 1 aliphatic rings. The maximum Gasteiger partial charge on any atom is 0.224 e. The zero-order chi connectivity index (χ0) is 27.8. The Hall–Kier alpha value is -4.32. The van der Waals surface area contributed by atoms with E-state index < -0.39 is 5.60 Å². The highest BCUT2D eigenvalue weighted by molar-refractivity contribution is 5.79. The molecule has 1 aliphatic heterocycles. The Morgan fingerprint density at radius 2 is 1.90 bits per heavy atom. The molecule has 204 valence electrons. The second kappa shape index (κ2) is 12.7. The summed E-state index contributed by atoms with van der Waals surface area (Å²) in [4.78, 5) is 24.1. The summed E-state index contributed by atoms with van der Waals surface area (Å²) in [7, 11) is 0. The molecule has 2 aromatic heterocycles. The van der Waals surface area contributed by atoms with E-state index in [2.05, 4.69) is 30.8 Å². The lowest BCUT2D eigenvalue weighted by Crippen LogP contribution is -2.49. The van der Waals surface area contributed by atoms with Crippen molar-refractivity contribution in [3.05, 3.63) is 120 Å². The number of amides is 1. The van der Waals surface area contributed by atoms with Gasteiger partial charge in [0.2, 0.25) is 5.91 Å². The lowest BCUT2D eigenvalue weighted by Gasteiger charge is -2.38. The minimum Gasteiger partial charge on any atom is -0.377 e. The summed E-state index contributed by atoms with van der Waals surface area (Å²) in [5.74, 6) is -0.0926. The molecule has 2 aromatic carbocycles. The number of likely N-dealkylation sites (tertiary alicyclic amines) is 1. The van der Waals surface area contributed by atoms with Crippen LogP contribution in [0.2, 0.25) is 0 Å². The zero-order valence-electron chi connectivity index (χ0n) is 22.5. The van der Waals surface area contributed by atoms with E-state index in [1.54, 1.807) is 12.5 Å². The molecule has 40 heavy (non-hydrogen) atoms. The first-order chi connectivity index (χ1) is 19.5. The largest absolute Gasteiger partial charge is 0.377 e. The highest BCUT2D eigenvalue weighted by atomic mass is 16.3. The molecule has 0 radical (unpaired) electrons. The van der Waals surface area contributed by atoms with Gasteiger partial charge < -0.3 is 15.0 Å². The van der Waals surface area contributed by atoms with Crippen molar-refractivity contribution < 1.29 is 9.90 Å². The van der Waals surface area contributed by atoms with Crippen molar-refractivity contribution in [3.8, 4) is 6.07 Å². The molecule has 0 saturated carbocycles. The molecule has 1 unspecified atom stereocenters. The molecule has 0 spiro atoms. The van der Waals surface area contributed by atoms with Crippen LogP contribution in [0.15, 0.2) is 91.5 Å². The Bertz CT molecular complexity index is 1390. The lowest BCUT2D eigenvalue weighted by atomic mass is 9.87. The number of aromatic nitrogens is 3. The number of hydrogen-bond acceptors (Lipinski definition) is 6. The van der Waals surface area contributed by atoms with E-state index in [-0.39, 0.29) is 11.8 Å². The quantitative estimate of drug-likeness (QED) is 0.323. The Balaban J connectivity index is 1.17. The molecule has 0 bridgehead atoms. The molecular weight excluding hydrogens is 500 g/mol. The molecular formula is C32H34N6O2. The first-order valence-corrected chi connectivity index (χ1v) is 13.7. The summed E-state index contributed by atoms with van der Waals surface area (Å²) in [5.41, 5.74) is 2.89. The smallest absolute Gasteiger partial charge is 0.224 e. The number of nitrogens with zero attached hydrogens (tertiary/aromatic N) is 5. The van der Waals surface area contributed by atoms with Crippen LogP contribution < -0.4 is 5.32 Å². The second-order valence-corrected chi connectivity index (χ2v) is 10.4. The van der Waals surface area contributed by atoms with E-state index in [9.17, 15) is 9.90 Å². The van der Waals surface area contributed by atoms with E-state index >= 15 is 0 Å². The molecule has 1 fully saturated rings. The Labute approximate surface area is 234 Å². The summed E-state index contributed by atoms with van der Waals surface area (Å²) in [6.07, 6.45) is 7.72. The molecule has 1 saturated heterocycles. The fourth-order valence-corrected chi connectivity index (χ4v) is 5.42. The van der Waals surface area contributed by atoms with Gasteiger partial charge in [-0.3, -0.25) is 14.7 Å². The van der Waals surface area contributed by atoms with Crippen molar-refractivity contribution in [2.75, 3.05) is 26.2 Å². The number of hydrogen-bond donors (Lipinski definition) is 2. The summed E-state index contributed by atoms with van der Waals surface area (Å²) >= 11 is 0. The highest BCUT2D eigenvalue weighted by Crippen LogP contribution is 2.31. The van der Waals surface area contributed by atoms with Gasteiger partial charge in [-0.25, -0.2) is 4.98 Å². The van der Waals surface area contributed by atoms with Crippen molar-refractivity contribution in [2.24, 2.45) is 5.92 Å². The number of carbonyl (C=O) groups excluding carboxylic acids is 1. The number of carbonyl (C=O) groups is 1. The number of nitrogens with one attached hydrogen (secondary N) is 1. The molecule has 2 N–H and O–H groups in total. The number of pyridine rings is 1. The molecule has 8 heteroatoms. The number of benzene rings is 2. The van der Waals surface area contributed by atoms with Gasteiger partial charge in [-0.1, -0.05) is 48.5 Å². The van der Waals surface area contributed by atoms with Gasteiger partial charge in [0.15, 0.2) is 0 Å². The molecule has 0 aliphatic carbocycles. The average Bonchev–Trinajstić information content (AvgIpc) is 3.45. The first-order valence-electron chi connectivity index (χ1n) is 13.7. The van der Waals surface area contributed by atoms with E-state index in [1.807, 2.05) is 79.0 Å². The van der Waals surface area contributed by atoms with Gasteiger partial charge in [0, 0.05) is 50.7 Å². The molecule has 1 amide bonds. The van der Waals surface area contributed by atoms with Gasteiger partial charge in [-0.15, -0.1) is 0 Å². The Morgan fingerprint density at radius 3 is 2.65 bits per heavy atom. The van der Waals surface area contributed by atoms with Crippen LogP contribution in [0.3, 0.4) is 0 Å². The average molecular weight is 535 g/mol. The predicted molar refractivity (Wildman–Crippen MR) is 152 cm³/mol. The molecule has 5 rings (SSSR count). The van der Waals surface area contributed by atoms with Crippen LogP contribution >= 0.6 is 0 Å². The molecule has 3 heterocycles. The van der Waals surface area contributed by atoms with Crippen LogP contribution in [0.4, 0.5) is 0 Å². The van der Waals surface area contributed by atoms with Crippen LogP contribution in [0, 0.1) is 17.2 Å². The summed E-state index contributed by atoms with van der Waals surface area (Å²) in [6.45, 7) is 2.96. The monoisotopic (exact) mass is 534 g/mol. The number of imidazole rings is 1. The fraction of sp³-hybridized carbons (Fsp3) is 0.312. The highest BCUT2D eigenvalue weighted by Gasteiger charge is 2.37. The Morgan fingerprint density at radius 1 is 1.10 bits per heavy atom. The normalized spacial score (nSPS) is 17.1. The molecule has 4 aromatic rings. The maximum atomic E-state index is 13.2. The van der Waals surface area contributed by atoms with Crippen molar-refractivity contribution in [1.29, 1.82) is 5.26 Å². The minimum atomic E-state index is -1.27. The fourth-order valence-electron chi connectivity index (χ4n) is 5.42. The summed E-state index contributed by atoms with van der Waals surface area (Å²) < 4.78 is 2.07. The van der Waals surface area contributed by atoms with Crippen molar-refractivity contribution in [2.45, 2.75) is 31.4 Å². The van der Waals surface area contributed by atoms with Gasteiger partial charge in [0.05, 0.1) is 29.6 Å². The number of nitriles is 1. The second-order valence-electron chi connectivity index (χ2n) is 10.4. The van der Waals surface area contributed by atoms with Crippen LogP contribution in [0.1, 0.15) is 40.9 Å². The molecule has 8 nitrogen and oxygen atoms in total. The van der Waals surface area contributed by atoms with Crippen LogP contribution in [-0.2, 0) is 23.4 Å². The lowest BCUT2D eigenvalue weighted by molar-refractivity contribution is -0.127. The minimum absolute atomic E-state index is 0.0453. The van der Waals surface area contributed by atoms with Gasteiger partial charge in [-0.05, 0) is 54.8 Å². The SMILES string of the molecule is N#Cc1ccc(Cn2cncc2CCNC(=O)[C@H]2CCCN(CC(O)(c3ccccc3)c3ccccn3)C2)cc1. The first kappa shape index (κ1) is 27.3. The van der Waals surface area contributed by atoms with Crippen molar-refractivity contribution in [1.82, 2.24) is 24.8 Å². The van der Waals surface area contributed by atoms with Crippen LogP contribution in [0.25, 0.3) is 0 Å². The number of piperidine rings is 1. The van der Waals surface area contributed by atoms with E-state index in [4.69, 9.17) is 5.26 Å². The number of β-amino-alcohol motifs (C(OH)–C–C–N with tert-alkyl or cyclic N) is 1. The maximum absolute atomic E-state index is 13.2. The zero-order valence-corrected chi connectivity index (χ0v) is 22.5. The summed E-state index contributed by atoms with van der Waals surface area (Å²) in [6, 6.07) is 24.9.